The second-order valence-corrected chi connectivity index (χ2v) is 7.58. The number of rotatable bonds is 5. The molecular formula is C21H19N3O3S. The molecule has 2 amide bonds. The molecule has 1 aliphatic rings. The lowest BCUT2D eigenvalue weighted by atomic mass is 10.1. The van der Waals surface area contributed by atoms with E-state index in [4.69, 9.17) is 0 Å². The molecule has 1 aromatic heterocycles. The lowest BCUT2D eigenvalue weighted by Gasteiger charge is -2.16. The molecule has 0 radical (unpaired) electrons. The zero-order chi connectivity index (χ0) is 19.5. The minimum atomic E-state index is -0.414. The Morgan fingerprint density at radius 2 is 2.04 bits per heavy atom. The SMILES string of the molecule is O=C(NCc1nc(-c2ccccc2)cs1)C1CC(=O)N(c2cccc(O)c2)C1. The molecule has 1 fully saturated rings. The van der Waals surface area contributed by atoms with E-state index in [9.17, 15) is 14.7 Å². The molecule has 6 nitrogen and oxygen atoms in total. The third-order valence-corrected chi connectivity index (χ3v) is 5.52. The monoisotopic (exact) mass is 393 g/mol. The Kier molecular flexibility index (Phi) is 5.08. The van der Waals surface area contributed by atoms with Crippen LogP contribution < -0.4 is 10.2 Å². The normalized spacial score (nSPS) is 16.4. The maximum atomic E-state index is 12.5. The molecule has 1 atom stereocenters. The summed E-state index contributed by atoms with van der Waals surface area (Å²) in [4.78, 5) is 30.9. The van der Waals surface area contributed by atoms with E-state index in [0.717, 1.165) is 16.3 Å². The highest BCUT2D eigenvalue weighted by molar-refractivity contribution is 7.09. The zero-order valence-corrected chi connectivity index (χ0v) is 15.9. The fourth-order valence-corrected chi connectivity index (χ4v) is 3.98. The first-order valence-electron chi connectivity index (χ1n) is 8.97. The van der Waals surface area contributed by atoms with Crippen molar-refractivity contribution in [2.24, 2.45) is 5.92 Å². The molecule has 1 unspecified atom stereocenters. The van der Waals surface area contributed by atoms with Gasteiger partial charge < -0.3 is 15.3 Å². The Morgan fingerprint density at radius 1 is 1.21 bits per heavy atom. The van der Waals surface area contributed by atoms with E-state index >= 15 is 0 Å². The van der Waals surface area contributed by atoms with Crippen molar-refractivity contribution in [3.8, 4) is 17.0 Å². The highest BCUT2D eigenvalue weighted by Crippen LogP contribution is 2.28. The van der Waals surface area contributed by atoms with Gasteiger partial charge >= 0.3 is 0 Å². The van der Waals surface area contributed by atoms with Crippen molar-refractivity contribution in [3.63, 3.8) is 0 Å². The average molecular weight is 393 g/mol. The number of nitrogens with one attached hydrogen (secondary N) is 1. The predicted molar refractivity (Wildman–Crippen MR) is 108 cm³/mol. The summed E-state index contributed by atoms with van der Waals surface area (Å²) in [5.41, 5.74) is 2.54. The Labute approximate surface area is 166 Å². The minimum absolute atomic E-state index is 0.0937. The second-order valence-electron chi connectivity index (χ2n) is 6.64. The van der Waals surface area contributed by atoms with Crippen LogP contribution in [0.15, 0.2) is 60.0 Å². The van der Waals surface area contributed by atoms with Gasteiger partial charge in [0.25, 0.3) is 0 Å². The topological polar surface area (TPSA) is 82.5 Å². The van der Waals surface area contributed by atoms with E-state index in [0.29, 0.717) is 18.8 Å². The van der Waals surface area contributed by atoms with E-state index in [-0.39, 0.29) is 24.0 Å². The van der Waals surface area contributed by atoms with Gasteiger partial charge in [0.15, 0.2) is 0 Å². The highest BCUT2D eigenvalue weighted by Gasteiger charge is 2.35. The molecule has 142 valence electrons. The third kappa shape index (κ3) is 3.89. The van der Waals surface area contributed by atoms with Crippen LogP contribution in [0.2, 0.25) is 0 Å². The van der Waals surface area contributed by atoms with E-state index < -0.39 is 5.92 Å². The largest absolute Gasteiger partial charge is 0.508 e. The molecule has 0 saturated carbocycles. The number of amides is 2. The number of hydrogen-bond acceptors (Lipinski definition) is 5. The quantitative estimate of drug-likeness (QED) is 0.697. The average Bonchev–Trinajstić information content (AvgIpc) is 3.34. The van der Waals surface area contributed by atoms with Crippen LogP contribution in [-0.2, 0) is 16.1 Å². The van der Waals surface area contributed by atoms with Crippen molar-refractivity contribution in [3.05, 3.63) is 65.0 Å². The number of phenolic OH excluding ortho intramolecular Hbond substituents is 1. The van der Waals surface area contributed by atoms with Crippen molar-refractivity contribution < 1.29 is 14.7 Å². The summed E-state index contributed by atoms with van der Waals surface area (Å²) in [7, 11) is 0. The number of aromatic nitrogens is 1. The number of nitrogens with zero attached hydrogens (tertiary/aromatic N) is 2. The van der Waals surface area contributed by atoms with Crippen molar-refractivity contribution in [2.45, 2.75) is 13.0 Å². The summed E-state index contributed by atoms with van der Waals surface area (Å²) in [6.45, 7) is 0.647. The molecule has 1 aliphatic heterocycles. The molecule has 2 aromatic carbocycles. The predicted octanol–water partition coefficient (Wildman–Crippen LogP) is 3.19. The standard InChI is InChI=1S/C21H19N3O3S/c25-17-8-4-7-16(10-17)24-12-15(9-20(24)26)21(27)22-11-19-23-18(13-28-19)14-5-2-1-3-6-14/h1-8,10,13,15,25H,9,11-12H2,(H,22,27). The van der Waals surface area contributed by atoms with Crippen molar-refractivity contribution in [1.82, 2.24) is 10.3 Å². The molecular weight excluding hydrogens is 374 g/mol. The zero-order valence-electron chi connectivity index (χ0n) is 15.0. The molecule has 0 spiro atoms. The van der Waals surface area contributed by atoms with Gasteiger partial charge in [-0.05, 0) is 12.1 Å². The van der Waals surface area contributed by atoms with E-state index in [1.165, 1.54) is 17.4 Å². The number of benzene rings is 2. The van der Waals surface area contributed by atoms with Gasteiger partial charge in [-0.15, -0.1) is 11.3 Å². The highest BCUT2D eigenvalue weighted by atomic mass is 32.1. The van der Waals surface area contributed by atoms with Crippen LogP contribution in [0.4, 0.5) is 5.69 Å². The van der Waals surface area contributed by atoms with Crippen LogP contribution in [0.1, 0.15) is 11.4 Å². The molecule has 3 aromatic rings. The molecule has 28 heavy (non-hydrogen) atoms. The Morgan fingerprint density at radius 3 is 2.82 bits per heavy atom. The third-order valence-electron chi connectivity index (χ3n) is 4.67. The van der Waals surface area contributed by atoms with Crippen LogP contribution in [0.25, 0.3) is 11.3 Å². The maximum Gasteiger partial charge on any atom is 0.227 e. The molecule has 0 aliphatic carbocycles. The molecule has 0 bridgehead atoms. The van der Waals surface area contributed by atoms with E-state index in [1.807, 2.05) is 35.7 Å². The number of anilines is 1. The smallest absolute Gasteiger partial charge is 0.227 e. The van der Waals surface area contributed by atoms with Gasteiger partial charge in [0.2, 0.25) is 11.8 Å². The van der Waals surface area contributed by atoms with Gasteiger partial charge in [-0.3, -0.25) is 9.59 Å². The van der Waals surface area contributed by atoms with E-state index in [1.54, 1.807) is 23.1 Å². The summed E-state index contributed by atoms with van der Waals surface area (Å²) < 4.78 is 0. The Bertz CT molecular complexity index is 1000. The first kappa shape index (κ1) is 18.2. The number of carbonyl (C=O) groups excluding carboxylic acids is 2. The number of thiazole rings is 1. The van der Waals surface area contributed by atoms with Crippen molar-refractivity contribution in [2.75, 3.05) is 11.4 Å². The second kappa shape index (κ2) is 7.82. The van der Waals surface area contributed by atoms with Gasteiger partial charge in [0, 0.05) is 35.7 Å². The number of carbonyl (C=O) groups is 2. The molecule has 4 rings (SSSR count). The van der Waals surface area contributed by atoms with Gasteiger partial charge in [-0.25, -0.2) is 4.98 Å². The number of aromatic hydroxyl groups is 1. The minimum Gasteiger partial charge on any atom is -0.508 e. The van der Waals surface area contributed by atoms with Gasteiger partial charge in [-0.2, -0.15) is 0 Å². The van der Waals surface area contributed by atoms with Crippen LogP contribution in [0.3, 0.4) is 0 Å². The molecule has 2 heterocycles. The first-order chi connectivity index (χ1) is 13.6. The number of hydrogen-bond donors (Lipinski definition) is 2. The summed E-state index contributed by atoms with van der Waals surface area (Å²) in [5.74, 6) is -0.599. The first-order valence-corrected chi connectivity index (χ1v) is 9.85. The maximum absolute atomic E-state index is 12.5. The summed E-state index contributed by atoms with van der Waals surface area (Å²) in [6.07, 6.45) is 0.161. The van der Waals surface area contributed by atoms with Crippen LogP contribution >= 0.6 is 11.3 Å². The molecule has 1 saturated heterocycles. The lowest BCUT2D eigenvalue weighted by molar-refractivity contribution is -0.126. The Hall–Kier alpha value is -3.19. The fraction of sp³-hybridized carbons (Fsp3) is 0.190. The van der Waals surface area contributed by atoms with Gasteiger partial charge in [0.1, 0.15) is 10.8 Å². The molecule has 7 heteroatoms. The molecule has 2 N–H and O–H groups in total. The summed E-state index contributed by atoms with van der Waals surface area (Å²) in [6, 6.07) is 16.4. The van der Waals surface area contributed by atoms with Gasteiger partial charge in [0.05, 0.1) is 18.2 Å². The lowest BCUT2D eigenvalue weighted by Crippen LogP contribution is -2.32. The van der Waals surface area contributed by atoms with Crippen LogP contribution in [-0.4, -0.2) is 28.4 Å². The van der Waals surface area contributed by atoms with Crippen molar-refractivity contribution in [1.29, 1.82) is 0 Å². The summed E-state index contributed by atoms with van der Waals surface area (Å²) >= 11 is 1.50. The van der Waals surface area contributed by atoms with Gasteiger partial charge in [-0.1, -0.05) is 36.4 Å². The fourth-order valence-electron chi connectivity index (χ4n) is 3.23. The van der Waals surface area contributed by atoms with Crippen LogP contribution in [0.5, 0.6) is 5.75 Å². The van der Waals surface area contributed by atoms with Crippen molar-refractivity contribution >= 4 is 28.8 Å². The van der Waals surface area contributed by atoms with E-state index in [2.05, 4.69) is 10.3 Å². The number of phenols is 1. The summed E-state index contributed by atoms with van der Waals surface area (Å²) in [5, 5.41) is 15.3. The Balaban J connectivity index is 1.36. The van der Waals surface area contributed by atoms with Crippen LogP contribution in [0, 0.1) is 5.92 Å².